The lowest BCUT2D eigenvalue weighted by atomic mass is 10.0. The molecule has 0 amide bonds. The summed E-state index contributed by atoms with van der Waals surface area (Å²) >= 11 is 0. The van der Waals surface area contributed by atoms with Crippen LogP contribution in [0.2, 0.25) is 0 Å². The van der Waals surface area contributed by atoms with E-state index in [9.17, 15) is 0 Å². The molecule has 2 heteroatoms. The maximum atomic E-state index is 4.18. The second-order valence-electron chi connectivity index (χ2n) is 5.00. The summed E-state index contributed by atoms with van der Waals surface area (Å²) in [5, 5.41) is 3.55. The summed E-state index contributed by atoms with van der Waals surface area (Å²) in [7, 11) is 0. The highest BCUT2D eigenvalue weighted by Gasteiger charge is 2.05. The van der Waals surface area contributed by atoms with Gasteiger partial charge >= 0.3 is 0 Å². The molecule has 0 spiro atoms. The SMILES string of the molecule is CCc1ccc(C(C)NCc2cnccc2C)cc1. The van der Waals surface area contributed by atoms with Crippen molar-refractivity contribution in [2.24, 2.45) is 0 Å². The Morgan fingerprint density at radius 3 is 2.53 bits per heavy atom. The van der Waals surface area contributed by atoms with Gasteiger partial charge in [-0.1, -0.05) is 31.2 Å². The van der Waals surface area contributed by atoms with Crippen LogP contribution in [0.4, 0.5) is 0 Å². The molecule has 2 aromatic rings. The van der Waals surface area contributed by atoms with Crippen molar-refractivity contribution in [2.75, 3.05) is 0 Å². The average molecular weight is 254 g/mol. The van der Waals surface area contributed by atoms with Crippen molar-refractivity contribution in [3.8, 4) is 0 Å². The average Bonchev–Trinajstić information content (AvgIpc) is 2.46. The minimum atomic E-state index is 0.352. The smallest absolute Gasteiger partial charge is 0.0315 e. The molecule has 2 rings (SSSR count). The summed E-state index contributed by atoms with van der Waals surface area (Å²) in [6.07, 6.45) is 4.87. The van der Waals surface area contributed by atoms with Gasteiger partial charge in [-0.2, -0.15) is 0 Å². The molecule has 1 unspecified atom stereocenters. The highest BCUT2D eigenvalue weighted by atomic mass is 14.9. The predicted octanol–water partition coefficient (Wildman–Crippen LogP) is 3.80. The lowest BCUT2D eigenvalue weighted by Gasteiger charge is -2.15. The maximum absolute atomic E-state index is 4.18. The number of benzene rings is 1. The van der Waals surface area contributed by atoms with E-state index in [1.807, 2.05) is 12.4 Å². The van der Waals surface area contributed by atoms with Gasteiger partial charge in [0, 0.05) is 25.0 Å². The highest BCUT2D eigenvalue weighted by Crippen LogP contribution is 2.15. The summed E-state index contributed by atoms with van der Waals surface area (Å²) in [5.41, 5.74) is 5.27. The second kappa shape index (κ2) is 6.48. The molecule has 0 bridgehead atoms. The van der Waals surface area contributed by atoms with Gasteiger partial charge in [0.1, 0.15) is 0 Å². The fourth-order valence-electron chi connectivity index (χ4n) is 2.10. The standard InChI is InChI=1S/C17H22N2/c1-4-15-5-7-16(8-6-15)14(3)19-12-17-11-18-10-9-13(17)2/h5-11,14,19H,4,12H2,1-3H3. The summed E-state index contributed by atoms with van der Waals surface area (Å²) in [6.45, 7) is 7.37. The number of aryl methyl sites for hydroxylation is 2. The number of rotatable bonds is 5. The van der Waals surface area contributed by atoms with Gasteiger partial charge in [0.15, 0.2) is 0 Å². The minimum Gasteiger partial charge on any atom is -0.306 e. The molecule has 1 aromatic carbocycles. The van der Waals surface area contributed by atoms with E-state index in [1.165, 1.54) is 22.3 Å². The van der Waals surface area contributed by atoms with Crippen LogP contribution in [0.5, 0.6) is 0 Å². The van der Waals surface area contributed by atoms with E-state index < -0.39 is 0 Å². The van der Waals surface area contributed by atoms with Gasteiger partial charge in [-0.15, -0.1) is 0 Å². The molecule has 100 valence electrons. The zero-order valence-corrected chi connectivity index (χ0v) is 12.0. The van der Waals surface area contributed by atoms with Gasteiger partial charge in [-0.3, -0.25) is 4.98 Å². The Labute approximate surface area is 115 Å². The molecule has 1 atom stereocenters. The number of nitrogens with one attached hydrogen (secondary N) is 1. The van der Waals surface area contributed by atoms with E-state index in [4.69, 9.17) is 0 Å². The Bertz CT molecular complexity index is 517. The van der Waals surface area contributed by atoms with Gasteiger partial charge in [0.25, 0.3) is 0 Å². The lowest BCUT2D eigenvalue weighted by Crippen LogP contribution is -2.18. The molecule has 0 aliphatic heterocycles. The molecular weight excluding hydrogens is 232 g/mol. The third-order valence-corrected chi connectivity index (χ3v) is 3.63. The summed E-state index contributed by atoms with van der Waals surface area (Å²) < 4.78 is 0. The van der Waals surface area contributed by atoms with Crippen molar-refractivity contribution in [3.63, 3.8) is 0 Å². The van der Waals surface area contributed by atoms with E-state index in [0.717, 1.165) is 13.0 Å². The van der Waals surface area contributed by atoms with E-state index in [1.54, 1.807) is 0 Å². The summed E-state index contributed by atoms with van der Waals surface area (Å²) in [5.74, 6) is 0. The zero-order chi connectivity index (χ0) is 13.7. The first kappa shape index (κ1) is 13.8. The number of aromatic nitrogens is 1. The normalized spacial score (nSPS) is 12.4. The van der Waals surface area contributed by atoms with Crippen LogP contribution in [0, 0.1) is 6.92 Å². The summed E-state index contributed by atoms with van der Waals surface area (Å²) in [6, 6.07) is 11.3. The summed E-state index contributed by atoms with van der Waals surface area (Å²) in [4.78, 5) is 4.18. The van der Waals surface area contributed by atoms with Crippen LogP contribution < -0.4 is 5.32 Å². The molecular formula is C17H22N2. The fraction of sp³-hybridized carbons (Fsp3) is 0.353. The van der Waals surface area contributed by atoms with E-state index >= 15 is 0 Å². The van der Waals surface area contributed by atoms with Gasteiger partial charge < -0.3 is 5.32 Å². The third kappa shape index (κ3) is 3.65. The van der Waals surface area contributed by atoms with Gasteiger partial charge in [0.2, 0.25) is 0 Å². The van der Waals surface area contributed by atoms with Crippen molar-refractivity contribution in [3.05, 3.63) is 65.0 Å². The van der Waals surface area contributed by atoms with Crippen LogP contribution in [0.1, 0.15) is 42.1 Å². The molecule has 1 N–H and O–H groups in total. The van der Waals surface area contributed by atoms with Gasteiger partial charge in [-0.25, -0.2) is 0 Å². The first-order chi connectivity index (χ1) is 9.20. The van der Waals surface area contributed by atoms with Crippen molar-refractivity contribution in [1.29, 1.82) is 0 Å². The van der Waals surface area contributed by atoms with E-state index in [2.05, 4.69) is 61.4 Å². The zero-order valence-electron chi connectivity index (χ0n) is 12.0. The Morgan fingerprint density at radius 1 is 1.16 bits per heavy atom. The van der Waals surface area contributed by atoms with Crippen LogP contribution in [0.3, 0.4) is 0 Å². The quantitative estimate of drug-likeness (QED) is 0.877. The molecule has 2 nitrogen and oxygen atoms in total. The number of nitrogens with zero attached hydrogens (tertiary/aromatic N) is 1. The third-order valence-electron chi connectivity index (χ3n) is 3.63. The number of hydrogen-bond donors (Lipinski definition) is 1. The topological polar surface area (TPSA) is 24.9 Å². The van der Waals surface area contributed by atoms with Crippen molar-refractivity contribution in [2.45, 2.75) is 39.8 Å². The molecule has 0 fully saturated rings. The number of pyridine rings is 1. The van der Waals surface area contributed by atoms with Gasteiger partial charge in [0.05, 0.1) is 0 Å². The van der Waals surface area contributed by atoms with Crippen LogP contribution in [0.15, 0.2) is 42.7 Å². The van der Waals surface area contributed by atoms with Crippen LogP contribution in [-0.2, 0) is 13.0 Å². The first-order valence-electron chi connectivity index (χ1n) is 6.92. The number of hydrogen-bond acceptors (Lipinski definition) is 2. The molecule has 0 saturated heterocycles. The van der Waals surface area contributed by atoms with Crippen molar-refractivity contribution >= 4 is 0 Å². The highest BCUT2D eigenvalue weighted by molar-refractivity contribution is 5.25. The van der Waals surface area contributed by atoms with E-state index in [0.29, 0.717) is 6.04 Å². The Hall–Kier alpha value is -1.67. The van der Waals surface area contributed by atoms with Crippen LogP contribution >= 0.6 is 0 Å². The minimum absolute atomic E-state index is 0.352. The van der Waals surface area contributed by atoms with Crippen LogP contribution in [0.25, 0.3) is 0 Å². The largest absolute Gasteiger partial charge is 0.306 e. The molecule has 0 aliphatic rings. The monoisotopic (exact) mass is 254 g/mol. The van der Waals surface area contributed by atoms with E-state index in [-0.39, 0.29) is 0 Å². The molecule has 19 heavy (non-hydrogen) atoms. The molecule has 0 saturated carbocycles. The maximum Gasteiger partial charge on any atom is 0.0315 e. The Morgan fingerprint density at radius 2 is 1.89 bits per heavy atom. The molecule has 1 heterocycles. The van der Waals surface area contributed by atoms with Crippen molar-refractivity contribution in [1.82, 2.24) is 10.3 Å². The molecule has 0 radical (unpaired) electrons. The van der Waals surface area contributed by atoms with Crippen LogP contribution in [-0.4, -0.2) is 4.98 Å². The predicted molar refractivity (Wildman–Crippen MR) is 80.0 cm³/mol. The fourth-order valence-corrected chi connectivity index (χ4v) is 2.10. The second-order valence-corrected chi connectivity index (χ2v) is 5.00. The van der Waals surface area contributed by atoms with Crippen molar-refractivity contribution < 1.29 is 0 Å². The molecule has 1 aromatic heterocycles. The molecule has 0 aliphatic carbocycles. The Balaban J connectivity index is 1.97. The Kier molecular flexibility index (Phi) is 4.69. The lowest BCUT2D eigenvalue weighted by molar-refractivity contribution is 0.572. The first-order valence-corrected chi connectivity index (χ1v) is 6.92. The van der Waals surface area contributed by atoms with Gasteiger partial charge in [-0.05, 0) is 48.6 Å².